The van der Waals surface area contributed by atoms with Gasteiger partial charge in [-0.3, -0.25) is 10.0 Å². The Balaban J connectivity index is 1.73. The van der Waals surface area contributed by atoms with Gasteiger partial charge in [0.25, 0.3) is 0 Å². The van der Waals surface area contributed by atoms with E-state index in [-0.39, 0.29) is 5.91 Å². The van der Waals surface area contributed by atoms with Crippen LogP contribution in [0.3, 0.4) is 0 Å². The van der Waals surface area contributed by atoms with Gasteiger partial charge in [0.05, 0.1) is 5.69 Å². The molecule has 0 spiro atoms. The Morgan fingerprint density at radius 2 is 2.00 bits per heavy atom. The zero-order chi connectivity index (χ0) is 15.4. The normalized spacial score (nSPS) is 10.8. The maximum Gasteiger partial charge on any atom is 0.243 e. The highest BCUT2D eigenvalue weighted by Crippen LogP contribution is 2.27. The van der Waals surface area contributed by atoms with Crippen molar-refractivity contribution in [3.8, 4) is 10.6 Å². The molecule has 1 heterocycles. The number of rotatable bonds is 5. The number of benzene rings is 2. The van der Waals surface area contributed by atoms with E-state index in [4.69, 9.17) is 5.21 Å². The van der Waals surface area contributed by atoms with Gasteiger partial charge in [-0.2, -0.15) is 0 Å². The van der Waals surface area contributed by atoms with E-state index in [1.807, 2.05) is 17.5 Å². The lowest BCUT2D eigenvalue weighted by Crippen LogP contribution is -2.18. The minimum Gasteiger partial charge on any atom is -0.289 e. The lowest BCUT2D eigenvalue weighted by molar-refractivity contribution is -0.129. The average molecular weight is 312 g/mol. The molecule has 112 valence electrons. The number of nitrogens with one attached hydrogen (secondary N) is 1. The SMILES string of the molecule is O=C(CCCc1csc(-c2ccc3ccccc3c2)n1)NO. The average Bonchev–Trinajstić information content (AvgIpc) is 3.03. The van der Waals surface area contributed by atoms with E-state index in [2.05, 4.69) is 35.3 Å². The summed E-state index contributed by atoms with van der Waals surface area (Å²) in [5.74, 6) is -0.356. The lowest BCUT2D eigenvalue weighted by atomic mass is 10.1. The summed E-state index contributed by atoms with van der Waals surface area (Å²) in [5.41, 5.74) is 3.74. The Kier molecular flexibility index (Phi) is 4.46. The van der Waals surface area contributed by atoms with Gasteiger partial charge in [-0.25, -0.2) is 10.5 Å². The van der Waals surface area contributed by atoms with Crippen LogP contribution in [0.2, 0.25) is 0 Å². The number of hydroxylamine groups is 1. The first kappa shape index (κ1) is 14.7. The summed E-state index contributed by atoms with van der Waals surface area (Å²) in [6, 6.07) is 14.6. The van der Waals surface area contributed by atoms with Crippen LogP contribution >= 0.6 is 11.3 Å². The van der Waals surface area contributed by atoms with Crippen LogP contribution in [-0.4, -0.2) is 16.1 Å². The molecule has 1 amide bonds. The van der Waals surface area contributed by atoms with Gasteiger partial charge in [0.15, 0.2) is 0 Å². The first-order chi connectivity index (χ1) is 10.8. The number of carbonyl (C=O) groups excluding carboxylic acids is 1. The summed E-state index contributed by atoms with van der Waals surface area (Å²) < 4.78 is 0. The maximum absolute atomic E-state index is 11.0. The number of aromatic nitrogens is 1. The number of carbonyl (C=O) groups is 1. The molecule has 2 N–H and O–H groups in total. The van der Waals surface area contributed by atoms with Crippen molar-refractivity contribution in [1.29, 1.82) is 0 Å². The van der Waals surface area contributed by atoms with E-state index in [1.165, 1.54) is 10.8 Å². The summed E-state index contributed by atoms with van der Waals surface area (Å²) in [7, 11) is 0. The molecule has 22 heavy (non-hydrogen) atoms. The number of fused-ring (bicyclic) bond motifs is 1. The fourth-order valence-electron chi connectivity index (χ4n) is 2.36. The molecule has 1 aromatic heterocycles. The molecule has 4 nitrogen and oxygen atoms in total. The molecular formula is C17H16N2O2S. The van der Waals surface area contributed by atoms with Crippen LogP contribution in [0, 0.1) is 0 Å². The molecule has 0 saturated heterocycles. The predicted molar refractivity (Wildman–Crippen MR) is 87.9 cm³/mol. The second-order valence-corrected chi connectivity index (χ2v) is 5.95. The Hall–Kier alpha value is -2.24. The Morgan fingerprint density at radius 1 is 1.18 bits per heavy atom. The summed E-state index contributed by atoms with van der Waals surface area (Å²) >= 11 is 1.61. The van der Waals surface area contributed by atoms with Crippen LogP contribution < -0.4 is 5.48 Å². The van der Waals surface area contributed by atoms with Gasteiger partial charge in [0.2, 0.25) is 5.91 Å². The van der Waals surface area contributed by atoms with Crippen LogP contribution in [-0.2, 0) is 11.2 Å². The molecule has 0 bridgehead atoms. The van der Waals surface area contributed by atoms with Crippen molar-refractivity contribution in [2.24, 2.45) is 0 Å². The molecule has 0 aliphatic carbocycles. The number of aryl methyl sites for hydroxylation is 1. The Bertz CT molecular complexity index is 798. The molecule has 0 aliphatic heterocycles. The monoisotopic (exact) mass is 312 g/mol. The summed E-state index contributed by atoms with van der Waals surface area (Å²) in [4.78, 5) is 15.6. The molecule has 5 heteroatoms. The van der Waals surface area contributed by atoms with Crippen LogP contribution in [0.1, 0.15) is 18.5 Å². The Morgan fingerprint density at radius 3 is 2.82 bits per heavy atom. The molecule has 0 unspecified atom stereocenters. The first-order valence-electron chi connectivity index (χ1n) is 7.13. The minimum absolute atomic E-state index is 0.305. The quantitative estimate of drug-likeness (QED) is 0.556. The van der Waals surface area contributed by atoms with Gasteiger partial charge < -0.3 is 0 Å². The van der Waals surface area contributed by atoms with Crippen molar-refractivity contribution in [2.45, 2.75) is 19.3 Å². The van der Waals surface area contributed by atoms with E-state index >= 15 is 0 Å². The summed E-state index contributed by atoms with van der Waals surface area (Å²) in [6.45, 7) is 0. The number of hydrogen-bond donors (Lipinski definition) is 2. The van der Waals surface area contributed by atoms with E-state index in [9.17, 15) is 4.79 Å². The summed E-state index contributed by atoms with van der Waals surface area (Å²) in [5, 5.41) is 13.9. The van der Waals surface area contributed by atoms with Crippen molar-refractivity contribution in [3.63, 3.8) is 0 Å². The molecule has 3 aromatic rings. The number of nitrogens with zero attached hydrogens (tertiary/aromatic N) is 1. The van der Waals surface area contributed by atoms with Crippen LogP contribution in [0.5, 0.6) is 0 Å². The van der Waals surface area contributed by atoms with Crippen LogP contribution in [0.4, 0.5) is 0 Å². The third-order valence-corrected chi connectivity index (χ3v) is 4.45. The third-order valence-electron chi connectivity index (χ3n) is 3.51. The first-order valence-corrected chi connectivity index (χ1v) is 8.01. The van der Waals surface area contributed by atoms with E-state index < -0.39 is 0 Å². The smallest absolute Gasteiger partial charge is 0.243 e. The molecule has 0 radical (unpaired) electrons. The van der Waals surface area contributed by atoms with Crippen molar-refractivity contribution >= 4 is 28.0 Å². The summed E-state index contributed by atoms with van der Waals surface area (Å²) in [6.07, 6.45) is 1.71. The van der Waals surface area contributed by atoms with Gasteiger partial charge in [0, 0.05) is 17.4 Å². The molecule has 0 aliphatic rings. The number of thiazole rings is 1. The molecule has 2 aromatic carbocycles. The second kappa shape index (κ2) is 6.68. The molecule has 0 fully saturated rings. The highest BCUT2D eigenvalue weighted by atomic mass is 32.1. The van der Waals surface area contributed by atoms with Gasteiger partial charge in [0.1, 0.15) is 5.01 Å². The Labute approximate surface area is 132 Å². The second-order valence-electron chi connectivity index (χ2n) is 5.09. The fourth-order valence-corrected chi connectivity index (χ4v) is 3.21. The van der Waals surface area contributed by atoms with Gasteiger partial charge >= 0.3 is 0 Å². The van der Waals surface area contributed by atoms with Crippen molar-refractivity contribution in [3.05, 3.63) is 53.5 Å². The molecule has 0 atom stereocenters. The molecule has 3 rings (SSSR count). The van der Waals surface area contributed by atoms with Gasteiger partial charge in [-0.1, -0.05) is 36.4 Å². The highest BCUT2D eigenvalue weighted by Gasteiger charge is 2.07. The van der Waals surface area contributed by atoms with Crippen LogP contribution in [0.15, 0.2) is 47.8 Å². The third kappa shape index (κ3) is 3.32. The van der Waals surface area contributed by atoms with Gasteiger partial charge in [-0.15, -0.1) is 11.3 Å². The van der Waals surface area contributed by atoms with Crippen molar-refractivity contribution in [2.75, 3.05) is 0 Å². The van der Waals surface area contributed by atoms with E-state index in [0.29, 0.717) is 12.8 Å². The molecular weight excluding hydrogens is 296 g/mol. The van der Waals surface area contributed by atoms with E-state index in [0.717, 1.165) is 22.7 Å². The zero-order valence-corrected chi connectivity index (χ0v) is 12.8. The van der Waals surface area contributed by atoms with E-state index in [1.54, 1.807) is 16.8 Å². The standard InChI is InChI=1S/C17H16N2O2S/c20-16(19-21)7-3-6-15-11-22-17(18-15)14-9-8-12-4-1-2-5-13(12)10-14/h1-2,4-5,8-11,21H,3,6-7H2,(H,19,20). The lowest BCUT2D eigenvalue weighted by Gasteiger charge is -2.00. The zero-order valence-electron chi connectivity index (χ0n) is 12.0. The number of amides is 1. The topological polar surface area (TPSA) is 62.2 Å². The highest BCUT2D eigenvalue weighted by molar-refractivity contribution is 7.13. The van der Waals surface area contributed by atoms with Gasteiger partial charge in [-0.05, 0) is 29.7 Å². The minimum atomic E-state index is -0.356. The largest absolute Gasteiger partial charge is 0.289 e. The fraction of sp³-hybridized carbons (Fsp3) is 0.176. The van der Waals surface area contributed by atoms with Crippen molar-refractivity contribution in [1.82, 2.24) is 10.5 Å². The maximum atomic E-state index is 11.0. The predicted octanol–water partition coefficient (Wildman–Crippen LogP) is 3.79. The van der Waals surface area contributed by atoms with Crippen LogP contribution in [0.25, 0.3) is 21.3 Å². The molecule has 0 saturated carbocycles. The number of hydrogen-bond acceptors (Lipinski definition) is 4. The van der Waals surface area contributed by atoms with Crippen molar-refractivity contribution < 1.29 is 10.0 Å².